The maximum Gasteiger partial charge on any atom is 0.252 e. The Bertz CT molecular complexity index is 1020. The molecule has 2 aromatic heterocycles. The fourth-order valence-electron chi connectivity index (χ4n) is 3.89. The van der Waals surface area contributed by atoms with E-state index in [1.807, 2.05) is 13.8 Å². The molecule has 0 saturated heterocycles. The summed E-state index contributed by atoms with van der Waals surface area (Å²) < 4.78 is 27.2. The zero-order valence-electron chi connectivity index (χ0n) is 16.9. The predicted molar refractivity (Wildman–Crippen MR) is 114 cm³/mol. The maximum absolute atomic E-state index is 13.0. The number of carbonyl (C=O) groups is 1. The second-order valence-electron chi connectivity index (χ2n) is 7.96. The van der Waals surface area contributed by atoms with Gasteiger partial charge in [0, 0.05) is 23.3 Å². The molecule has 1 N–H and O–H groups in total. The SMILES string of the molecule is Cc1cc(S(=O)(=O)C2CCCC2)cc(=O)n1C(CC(C)C)C(=O)Nc1nccs1. The average Bonchev–Trinajstić information content (AvgIpc) is 3.33. The topological polar surface area (TPSA) is 98.1 Å². The van der Waals surface area contributed by atoms with Gasteiger partial charge < -0.3 is 9.88 Å². The van der Waals surface area contributed by atoms with E-state index in [1.54, 1.807) is 18.5 Å². The van der Waals surface area contributed by atoms with E-state index < -0.39 is 26.7 Å². The van der Waals surface area contributed by atoms with Crippen molar-refractivity contribution in [1.82, 2.24) is 9.55 Å². The summed E-state index contributed by atoms with van der Waals surface area (Å²) in [7, 11) is -3.53. The number of anilines is 1. The first-order valence-corrected chi connectivity index (χ1v) is 12.3. The summed E-state index contributed by atoms with van der Waals surface area (Å²) in [6, 6.07) is 1.96. The van der Waals surface area contributed by atoms with E-state index in [-0.39, 0.29) is 16.7 Å². The van der Waals surface area contributed by atoms with E-state index in [1.165, 1.54) is 28.0 Å². The highest BCUT2D eigenvalue weighted by Gasteiger charge is 2.32. The highest BCUT2D eigenvalue weighted by Crippen LogP contribution is 2.30. The third-order valence-electron chi connectivity index (χ3n) is 5.28. The fourth-order valence-corrected chi connectivity index (χ4v) is 6.36. The van der Waals surface area contributed by atoms with E-state index in [0.29, 0.717) is 30.1 Å². The molecule has 1 aliphatic rings. The first kappa shape index (κ1) is 21.7. The molecule has 0 spiro atoms. The molecule has 0 aliphatic heterocycles. The third kappa shape index (κ3) is 4.78. The smallest absolute Gasteiger partial charge is 0.252 e. The molecule has 2 heterocycles. The van der Waals surface area contributed by atoms with Crippen LogP contribution in [0.1, 0.15) is 57.7 Å². The predicted octanol–water partition coefficient (Wildman–Crippen LogP) is 3.56. The molecule has 3 rings (SSSR count). The highest BCUT2D eigenvalue weighted by molar-refractivity contribution is 7.92. The summed E-state index contributed by atoms with van der Waals surface area (Å²) in [5, 5.41) is 4.57. The Morgan fingerprint density at radius 3 is 2.55 bits per heavy atom. The van der Waals surface area contributed by atoms with Crippen molar-refractivity contribution < 1.29 is 13.2 Å². The second kappa shape index (κ2) is 8.79. The van der Waals surface area contributed by atoms with Crippen LogP contribution < -0.4 is 10.9 Å². The van der Waals surface area contributed by atoms with Crippen LogP contribution in [0.4, 0.5) is 5.13 Å². The van der Waals surface area contributed by atoms with Crippen LogP contribution in [0.5, 0.6) is 0 Å². The van der Waals surface area contributed by atoms with E-state index in [0.717, 1.165) is 12.8 Å². The van der Waals surface area contributed by atoms with Gasteiger partial charge in [0.05, 0.1) is 10.1 Å². The van der Waals surface area contributed by atoms with Gasteiger partial charge in [-0.2, -0.15) is 0 Å². The van der Waals surface area contributed by atoms with Crippen molar-refractivity contribution in [1.29, 1.82) is 0 Å². The van der Waals surface area contributed by atoms with Gasteiger partial charge in [0.1, 0.15) is 6.04 Å². The molecule has 7 nitrogen and oxygen atoms in total. The number of carbonyl (C=O) groups excluding carboxylic acids is 1. The molecule has 0 aromatic carbocycles. The first-order chi connectivity index (χ1) is 13.7. The van der Waals surface area contributed by atoms with Crippen LogP contribution in [0.2, 0.25) is 0 Å². The van der Waals surface area contributed by atoms with Crippen molar-refractivity contribution in [3.05, 3.63) is 39.8 Å². The molecule has 2 aromatic rings. The van der Waals surface area contributed by atoms with Gasteiger partial charge in [0.15, 0.2) is 15.0 Å². The Morgan fingerprint density at radius 2 is 2.00 bits per heavy atom. The molecule has 1 atom stereocenters. The van der Waals surface area contributed by atoms with Crippen LogP contribution in [0.3, 0.4) is 0 Å². The lowest BCUT2D eigenvalue weighted by Crippen LogP contribution is -2.36. The number of hydrogen-bond donors (Lipinski definition) is 1. The van der Waals surface area contributed by atoms with Crippen molar-refractivity contribution in [2.45, 2.75) is 69.1 Å². The Hall–Kier alpha value is -2.00. The first-order valence-electron chi connectivity index (χ1n) is 9.87. The zero-order chi connectivity index (χ0) is 21.2. The van der Waals surface area contributed by atoms with E-state index in [9.17, 15) is 18.0 Å². The standard InChI is InChI=1S/C20H27N3O4S2/c1-13(2)10-17(19(25)22-20-21-8-9-28-20)23-14(3)11-16(12-18(23)24)29(26,27)15-6-4-5-7-15/h8-9,11-13,15,17H,4-7,10H2,1-3H3,(H,21,22,25). The molecule has 0 radical (unpaired) electrons. The van der Waals surface area contributed by atoms with Crippen LogP contribution >= 0.6 is 11.3 Å². The number of rotatable bonds is 7. The number of nitrogens with zero attached hydrogens (tertiary/aromatic N) is 2. The molecule has 1 saturated carbocycles. The van der Waals surface area contributed by atoms with Gasteiger partial charge in [-0.15, -0.1) is 11.3 Å². The summed E-state index contributed by atoms with van der Waals surface area (Å²) in [4.78, 5) is 30.0. The minimum Gasteiger partial charge on any atom is -0.300 e. The lowest BCUT2D eigenvalue weighted by atomic mass is 10.0. The molecule has 1 fully saturated rings. The number of thiazole rings is 1. The minimum atomic E-state index is -3.53. The van der Waals surface area contributed by atoms with E-state index in [2.05, 4.69) is 10.3 Å². The van der Waals surface area contributed by atoms with Crippen molar-refractivity contribution in [2.75, 3.05) is 5.32 Å². The number of amides is 1. The summed E-state index contributed by atoms with van der Waals surface area (Å²) in [6.45, 7) is 5.63. The van der Waals surface area contributed by atoms with Gasteiger partial charge in [0.2, 0.25) is 5.91 Å². The normalized spacial score (nSPS) is 16.3. The quantitative estimate of drug-likeness (QED) is 0.714. The number of aryl methyl sites for hydroxylation is 1. The highest BCUT2D eigenvalue weighted by atomic mass is 32.2. The average molecular weight is 438 g/mol. The summed E-state index contributed by atoms with van der Waals surface area (Å²) >= 11 is 1.30. The Balaban J connectivity index is 1.98. The minimum absolute atomic E-state index is 0.0618. The molecular weight excluding hydrogens is 410 g/mol. The maximum atomic E-state index is 13.0. The van der Waals surface area contributed by atoms with Crippen molar-refractivity contribution in [2.24, 2.45) is 5.92 Å². The van der Waals surface area contributed by atoms with Crippen LogP contribution in [0.15, 0.2) is 33.4 Å². The van der Waals surface area contributed by atoms with Crippen LogP contribution in [0.25, 0.3) is 0 Å². The van der Waals surface area contributed by atoms with Gasteiger partial charge in [-0.05, 0) is 38.2 Å². The fraction of sp³-hybridized carbons (Fsp3) is 0.550. The van der Waals surface area contributed by atoms with Crippen molar-refractivity contribution >= 4 is 32.2 Å². The molecular formula is C20H27N3O4S2. The van der Waals surface area contributed by atoms with Gasteiger partial charge in [-0.1, -0.05) is 26.7 Å². The number of nitrogens with one attached hydrogen (secondary N) is 1. The Morgan fingerprint density at radius 1 is 1.31 bits per heavy atom. The molecule has 158 valence electrons. The molecule has 0 bridgehead atoms. The largest absolute Gasteiger partial charge is 0.300 e. The number of hydrogen-bond acceptors (Lipinski definition) is 6. The molecule has 29 heavy (non-hydrogen) atoms. The second-order valence-corrected chi connectivity index (χ2v) is 11.1. The summed E-state index contributed by atoms with van der Waals surface area (Å²) in [5.74, 6) is -0.166. The molecule has 1 aliphatic carbocycles. The summed E-state index contributed by atoms with van der Waals surface area (Å²) in [5.41, 5.74) is -0.00415. The van der Waals surface area contributed by atoms with Crippen molar-refractivity contribution in [3.8, 4) is 0 Å². The third-order valence-corrected chi connectivity index (χ3v) is 8.21. The molecule has 1 unspecified atom stereocenters. The van der Waals surface area contributed by atoms with Crippen molar-refractivity contribution in [3.63, 3.8) is 0 Å². The van der Waals surface area contributed by atoms with Crippen LogP contribution in [-0.4, -0.2) is 29.1 Å². The van der Waals surface area contributed by atoms with Gasteiger partial charge in [0.25, 0.3) is 5.56 Å². The zero-order valence-corrected chi connectivity index (χ0v) is 18.6. The molecule has 1 amide bonds. The van der Waals surface area contributed by atoms with E-state index in [4.69, 9.17) is 0 Å². The van der Waals surface area contributed by atoms with Crippen LogP contribution in [0, 0.1) is 12.8 Å². The number of pyridine rings is 1. The lowest BCUT2D eigenvalue weighted by Gasteiger charge is -2.23. The summed E-state index contributed by atoms with van der Waals surface area (Å²) in [6.07, 6.45) is 5.11. The molecule has 9 heteroatoms. The van der Waals surface area contributed by atoms with Gasteiger partial charge in [-0.3, -0.25) is 9.59 Å². The number of sulfone groups is 1. The Labute approximate surface area is 175 Å². The van der Waals surface area contributed by atoms with Crippen LogP contribution in [-0.2, 0) is 14.6 Å². The monoisotopic (exact) mass is 437 g/mol. The van der Waals surface area contributed by atoms with Gasteiger partial charge in [-0.25, -0.2) is 13.4 Å². The van der Waals surface area contributed by atoms with E-state index >= 15 is 0 Å². The number of aromatic nitrogens is 2. The van der Waals surface area contributed by atoms with Gasteiger partial charge >= 0.3 is 0 Å². The lowest BCUT2D eigenvalue weighted by molar-refractivity contribution is -0.119. The Kier molecular flexibility index (Phi) is 6.58.